The second kappa shape index (κ2) is 8.79. The molecule has 0 aliphatic carbocycles. The molecule has 0 spiro atoms. The fourth-order valence-corrected chi connectivity index (χ4v) is 4.02. The molecule has 2 aromatic carbocycles. The van der Waals surface area contributed by atoms with E-state index in [1.54, 1.807) is 31.0 Å². The number of nitrogens with one attached hydrogen (secondary N) is 1. The molecule has 0 radical (unpaired) electrons. The van der Waals surface area contributed by atoms with E-state index in [0.29, 0.717) is 32.9 Å². The molecule has 158 valence electrons. The van der Waals surface area contributed by atoms with Crippen molar-refractivity contribution in [3.05, 3.63) is 70.3 Å². The van der Waals surface area contributed by atoms with Crippen LogP contribution in [0.4, 0.5) is 5.13 Å². The zero-order valence-corrected chi connectivity index (χ0v) is 18.6. The van der Waals surface area contributed by atoms with Crippen molar-refractivity contribution in [1.29, 1.82) is 0 Å². The van der Waals surface area contributed by atoms with Crippen molar-refractivity contribution >= 4 is 34.0 Å². The number of hydrogen-bond donors (Lipinski definition) is 1. The van der Waals surface area contributed by atoms with Crippen LogP contribution in [0.3, 0.4) is 0 Å². The quantitative estimate of drug-likeness (QED) is 0.431. The van der Waals surface area contributed by atoms with E-state index in [4.69, 9.17) is 21.1 Å². The van der Waals surface area contributed by atoms with Crippen LogP contribution in [0.25, 0.3) is 16.9 Å². The molecule has 0 atom stereocenters. The number of aromatic nitrogens is 3. The largest absolute Gasteiger partial charge is 0.493 e. The van der Waals surface area contributed by atoms with E-state index in [1.807, 2.05) is 42.6 Å². The highest BCUT2D eigenvalue weighted by atomic mass is 35.5. The number of nitrogens with zero attached hydrogens (tertiary/aromatic N) is 3. The van der Waals surface area contributed by atoms with Crippen LogP contribution in [0.5, 0.6) is 11.5 Å². The number of halogens is 1. The molecule has 0 fully saturated rings. The number of rotatable bonds is 6. The van der Waals surface area contributed by atoms with Crippen molar-refractivity contribution in [2.45, 2.75) is 6.92 Å². The van der Waals surface area contributed by atoms with Gasteiger partial charge in [0.05, 0.1) is 43.1 Å². The van der Waals surface area contributed by atoms with Crippen molar-refractivity contribution in [3.8, 4) is 28.4 Å². The molecule has 2 aromatic heterocycles. The van der Waals surface area contributed by atoms with Gasteiger partial charge in [0.2, 0.25) is 0 Å². The Kier molecular flexibility index (Phi) is 5.92. The van der Waals surface area contributed by atoms with Crippen LogP contribution in [-0.4, -0.2) is 34.9 Å². The zero-order chi connectivity index (χ0) is 22.0. The van der Waals surface area contributed by atoms with Gasteiger partial charge >= 0.3 is 0 Å². The summed E-state index contributed by atoms with van der Waals surface area (Å²) in [6, 6.07) is 12.8. The third-order valence-electron chi connectivity index (χ3n) is 4.71. The van der Waals surface area contributed by atoms with Gasteiger partial charge in [-0.25, -0.2) is 9.67 Å². The Hall–Kier alpha value is -3.36. The molecule has 0 aliphatic heterocycles. The second-order valence-electron chi connectivity index (χ2n) is 6.60. The van der Waals surface area contributed by atoms with E-state index in [1.165, 1.54) is 17.5 Å². The molecular weight excluding hydrogens is 436 g/mol. The van der Waals surface area contributed by atoms with Gasteiger partial charge in [0.1, 0.15) is 0 Å². The SMILES string of the molecule is COc1ccc(-c2csc(NC(=O)c3cnn(-c4cccc(Cl)c4)c3C)n2)cc1OC. The van der Waals surface area contributed by atoms with Crippen molar-refractivity contribution in [2.24, 2.45) is 0 Å². The maximum absolute atomic E-state index is 12.8. The molecule has 9 heteroatoms. The summed E-state index contributed by atoms with van der Waals surface area (Å²) in [5.74, 6) is 0.976. The molecule has 7 nitrogen and oxygen atoms in total. The summed E-state index contributed by atoms with van der Waals surface area (Å²) in [6.07, 6.45) is 1.54. The normalized spacial score (nSPS) is 10.7. The Morgan fingerprint density at radius 2 is 1.94 bits per heavy atom. The summed E-state index contributed by atoms with van der Waals surface area (Å²) in [7, 11) is 3.17. The predicted molar refractivity (Wildman–Crippen MR) is 122 cm³/mol. The van der Waals surface area contributed by atoms with Crippen molar-refractivity contribution in [2.75, 3.05) is 19.5 Å². The molecule has 2 heterocycles. The van der Waals surface area contributed by atoms with Crippen LogP contribution < -0.4 is 14.8 Å². The summed E-state index contributed by atoms with van der Waals surface area (Å²) >= 11 is 7.41. The molecule has 31 heavy (non-hydrogen) atoms. The molecule has 4 rings (SSSR count). The number of methoxy groups -OCH3 is 2. The molecule has 4 aromatic rings. The Balaban J connectivity index is 1.54. The summed E-state index contributed by atoms with van der Waals surface area (Å²) < 4.78 is 12.3. The van der Waals surface area contributed by atoms with Gasteiger partial charge in [-0.1, -0.05) is 17.7 Å². The van der Waals surface area contributed by atoms with Crippen LogP contribution >= 0.6 is 22.9 Å². The summed E-state index contributed by atoms with van der Waals surface area (Å²) in [4.78, 5) is 17.3. The number of hydrogen-bond acceptors (Lipinski definition) is 6. The molecule has 0 bridgehead atoms. The van der Waals surface area contributed by atoms with E-state index in [9.17, 15) is 4.79 Å². The Labute approximate surface area is 188 Å². The fraction of sp³-hybridized carbons (Fsp3) is 0.136. The number of anilines is 1. The van der Waals surface area contributed by atoms with E-state index >= 15 is 0 Å². The summed E-state index contributed by atoms with van der Waals surface area (Å²) in [5, 5.41) is 10.1. The lowest BCUT2D eigenvalue weighted by Crippen LogP contribution is -2.13. The number of carbonyl (C=O) groups is 1. The van der Waals surface area contributed by atoms with E-state index < -0.39 is 0 Å². The number of benzene rings is 2. The lowest BCUT2D eigenvalue weighted by molar-refractivity contribution is 0.102. The third kappa shape index (κ3) is 4.26. The average molecular weight is 455 g/mol. The van der Waals surface area contributed by atoms with Gasteiger partial charge < -0.3 is 9.47 Å². The highest BCUT2D eigenvalue weighted by Crippen LogP contribution is 2.33. The van der Waals surface area contributed by atoms with Crippen LogP contribution in [0.1, 0.15) is 16.1 Å². The van der Waals surface area contributed by atoms with Gasteiger partial charge in [-0.05, 0) is 43.3 Å². The fourth-order valence-electron chi connectivity index (χ4n) is 3.12. The number of carbonyl (C=O) groups excluding carboxylic acids is 1. The van der Waals surface area contributed by atoms with Gasteiger partial charge in [0.25, 0.3) is 5.91 Å². The first-order chi connectivity index (χ1) is 15.0. The first-order valence-corrected chi connectivity index (χ1v) is 10.6. The Morgan fingerprint density at radius 3 is 2.68 bits per heavy atom. The lowest BCUT2D eigenvalue weighted by atomic mass is 10.1. The smallest absolute Gasteiger partial charge is 0.260 e. The topological polar surface area (TPSA) is 78.3 Å². The van der Waals surface area contributed by atoms with Crippen LogP contribution in [0.2, 0.25) is 5.02 Å². The standard InChI is InChI=1S/C22H19ClN4O3S/c1-13-17(11-24-27(13)16-6-4-5-15(23)10-16)21(28)26-22-25-18(12-31-22)14-7-8-19(29-2)20(9-14)30-3/h4-12H,1-3H3,(H,25,26,28). The molecular formula is C22H19ClN4O3S. The number of ether oxygens (including phenoxy) is 2. The second-order valence-corrected chi connectivity index (χ2v) is 7.89. The van der Waals surface area contributed by atoms with Gasteiger partial charge in [0.15, 0.2) is 16.6 Å². The van der Waals surface area contributed by atoms with Gasteiger partial charge in [0, 0.05) is 16.0 Å². The Bertz CT molecular complexity index is 1250. The van der Waals surface area contributed by atoms with E-state index in [2.05, 4.69) is 15.4 Å². The molecule has 0 unspecified atom stereocenters. The Morgan fingerprint density at radius 1 is 1.13 bits per heavy atom. The van der Waals surface area contributed by atoms with Gasteiger partial charge in [-0.3, -0.25) is 10.1 Å². The lowest BCUT2D eigenvalue weighted by Gasteiger charge is -2.08. The van der Waals surface area contributed by atoms with Gasteiger partial charge in [-0.15, -0.1) is 11.3 Å². The highest BCUT2D eigenvalue weighted by molar-refractivity contribution is 7.14. The van der Waals surface area contributed by atoms with Gasteiger partial charge in [-0.2, -0.15) is 5.10 Å². The minimum atomic E-state index is -0.279. The molecule has 0 saturated carbocycles. The van der Waals surface area contributed by atoms with E-state index in [0.717, 1.165) is 16.9 Å². The van der Waals surface area contributed by atoms with Crippen molar-refractivity contribution in [1.82, 2.24) is 14.8 Å². The van der Waals surface area contributed by atoms with Crippen LogP contribution in [-0.2, 0) is 0 Å². The number of thiazole rings is 1. The van der Waals surface area contributed by atoms with Crippen LogP contribution in [0.15, 0.2) is 54.0 Å². The number of amides is 1. The third-order valence-corrected chi connectivity index (χ3v) is 5.70. The molecule has 1 N–H and O–H groups in total. The van der Waals surface area contributed by atoms with Crippen LogP contribution in [0, 0.1) is 6.92 Å². The first kappa shape index (κ1) is 20.9. The first-order valence-electron chi connectivity index (χ1n) is 9.30. The maximum Gasteiger partial charge on any atom is 0.260 e. The average Bonchev–Trinajstić information content (AvgIpc) is 3.39. The van der Waals surface area contributed by atoms with Crippen molar-refractivity contribution < 1.29 is 14.3 Å². The summed E-state index contributed by atoms with van der Waals surface area (Å²) in [5.41, 5.74) is 3.54. The van der Waals surface area contributed by atoms with Crippen molar-refractivity contribution in [3.63, 3.8) is 0 Å². The molecule has 0 aliphatic rings. The zero-order valence-electron chi connectivity index (χ0n) is 17.0. The highest BCUT2D eigenvalue weighted by Gasteiger charge is 2.17. The molecule has 1 amide bonds. The summed E-state index contributed by atoms with van der Waals surface area (Å²) in [6.45, 7) is 1.83. The minimum absolute atomic E-state index is 0.279. The maximum atomic E-state index is 12.8. The minimum Gasteiger partial charge on any atom is -0.493 e. The predicted octanol–water partition coefficient (Wildman–Crippen LogP) is 5.23. The monoisotopic (exact) mass is 454 g/mol. The molecule has 0 saturated heterocycles. The van der Waals surface area contributed by atoms with E-state index in [-0.39, 0.29) is 5.91 Å².